The number of carbonyl (C=O) groups is 1. The summed E-state index contributed by atoms with van der Waals surface area (Å²) in [5.41, 5.74) is -0.319. The summed E-state index contributed by atoms with van der Waals surface area (Å²) in [7, 11) is 0. The molecule has 1 atom stereocenters. The normalized spacial score (nSPS) is 17.5. The molecule has 1 saturated heterocycles. The molecule has 0 aromatic carbocycles. The molecule has 8 heteroatoms. The molecular weight excluding hydrogens is 366 g/mol. The fourth-order valence-electron chi connectivity index (χ4n) is 3.68. The second-order valence-electron chi connectivity index (χ2n) is 6.91. The van der Waals surface area contributed by atoms with Crippen molar-refractivity contribution in [1.29, 1.82) is 0 Å². The highest BCUT2D eigenvalue weighted by atomic mass is 32.1. The number of nitrogens with zero attached hydrogens (tertiary/aromatic N) is 3. The van der Waals surface area contributed by atoms with Gasteiger partial charge in [0.05, 0.1) is 18.3 Å². The highest BCUT2D eigenvalue weighted by Gasteiger charge is 2.25. The van der Waals surface area contributed by atoms with Crippen molar-refractivity contribution in [3.05, 3.63) is 56.4 Å². The molecule has 0 aliphatic carbocycles. The van der Waals surface area contributed by atoms with Crippen molar-refractivity contribution in [3.8, 4) is 0 Å². The zero-order chi connectivity index (χ0) is 19.0. The predicted octanol–water partition coefficient (Wildman–Crippen LogP) is 2.27. The van der Waals surface area contributed by atoms with Crippen molar-refractivity contribution >= 4 is 27.5 Å². The SMILES string of the molecule is C[C@H]1CCCCN1C(=O)Cn1c(=O)n(Cc2ccco2)c(=O)c2sccc21. The third-order valence-electron chi connectivity index (χ3n) is 5.15. The molecule has 1 amide bonds. The van der Waals surface area contributed by atoms with Crippen LogP contribution < -0.4 is 11.2 Å². The van der Waals surface area contributed by atoms with Crippen LogP contribution in [0.25, 0.3) is 10.2 Å². The number of amides is 1. The minimum absolute atomic E-state index is 0.0484. The van der Waals surface area contributed by atoms with Gasteiger partial charge in [0.2, 0.25) is 5.91 Å². The van der Waals surface area contributed by atoms with E-state index in [2.05, 4.69) is 0 Å². The molecule has 1 aliphatic heterocycles. The number of aromatic nitrogens is 2. The molecule has 0 spiro atoms. The predicted molar refractivity (Wildman–Crippen MR) is 103 cm³/mol. The van der Waals surface area contributed by atoms with Crippen molar-refractivity contribution in [3.63, 3.8) is 0 Å². The lowest BCUT2D eigenvalue weighted by Gasteiger charge is -2.33. The van der Waals surface area contributed by atoms with Crippen LogP contribution in [0, 0.1) is 0 Å². The largest absolute Gasteiger partial charge is 0.467 e. The highest BCUT2D eigenvalue weighted by molar-refractivity contribution is 7.17. The second-order valence-corrected chi connectivity index (χ2v) is 7.82. The summed E-state index contributed by atoms with van der Waals surface area (Å²) in [6.45, 7) is 2.74. The first-order chi connectivity index (χ1) is 13.1. The number of thiophene rings is 1. The molecule has 4 heterocycles. The Morgan fingerprint density at radius 2 is 2.11 bits per heavy atom. The first-order valence-corrected chi connectivity index (χ1v) is 9.97. The van der Waals surface area contributed by atoms with Crippen LogP contribution in [0.2, 0.25) is 0 Å². The summed E-state index contributed by atoms with van der Waals surface area (Å²) in [5.74, 6) is 0.438. The van der Waals surface area contributed by atoms with E-state index in [-0.39, 0.29) is 30.6 Å². The summed E-state index contributed by atoms with van der Waals surface area (Å²) >= 11 is 1.28. The van der Waals surface area contributed by atoms with Gasteiger partial charge in [-0.2, -0.15) is 0 Å². The van der Waals surface area contributed by atoms with Crippen LogP contribution in [0.15, 0.2) is 43.8 Å². The van der Waals surface area contributed by atoms with Crippen LogP contribution in [0.4, 0.5) is 0 Å². The molecule has 0 radical (unpaired) electrons. The molecular formula is C19H21N3O4S. The maximum absolute atomic E-state index is 13.0. The molecule has 1 fully saturated rings. The topological polar surface area (TPSA) is 77.5 Å². The van der Waals surface area contributed by atoms with Crippen molar-refractivity contribution in [2.24, 2.45) is 0 Å². The third kappa shape index (κ3) is 3.25. The molecule has 142 valence electrons. The quantitative estimate of drug-likeness (QED) is 0.688. The van der Waals surface area contributed by atoms with Gasteiger partial charge in [-0.15, -0.1) is 11.3 Å². The lowest BCUT2D eigenvalue weighted by Crippen LogP contribution is -2.47. The van der Waals surface area contributed by atoms with E-state index in [0.717, 1.165) is 23.8 Å². The van der Waals surface area contributed by atoms with Crippen molar-refractivity contribution < 1.29 is 9.21 Å². The van der Waals surface area contributed by atoms with Gasteiger partial charge in [-0.25, -0.2) is 4.79 Å². The highest BCUT2D eigenvalue weighted by Crippen LogP contribution is 2.19. The Bertz CT molecular complexity index is 1080. The Morgan fingerprint density at radius 3 is 2.85 bits per heavy atom. The number of piperidine rings is 1. The van der Waals surface area contributed by atoms with Crippen molar-refractivity contribution in [2.75, 3.05) is 6.54 Å². The Hall–Kier alpha value is -2.61. The molecule has 0 unspecified atom stereocenters. The standard InChI is InChI=1S/C19H21N3O4S/c1-13-5-2-3-8-20(13)16(23)12-21-15-7-10-27-17(15)18(24)22(19(21)25)11-14-6-4-9-26-14/h4,6-7,9-10,13H,2-3,5,8,11-12H2,1H3/t13-/m0/s1. The van der Waals surface area contributed by atoms with Crippen LogP contribution in [-0.4, -0.2) is 32.5 Å². The number of rotatable bonds is 4. The van der Waals surface area contributed by atoms with E-state index in [9.17, 15) is 14.4 Å². The minimum Gasteiger partial charge on any atom is -0.467 e. The van der Waals surface area contributed by atoms with E-state index in [1.165, 1.54) is 22.2 Å². The molecule has 3 aromatic rings. The van der Waals surface area contributed by atoms with Gasteiger partial charge in [0, 0.05) is 12.6 Å². The number of likely N-dealkylation sites (tertiary alicyclic amines) is 1. The van der Waals surface area contributed by atoms with Gasteiger partial charge in [0.15, 0.2) is 0 Å². The maximum Gasteiger partial charge on any atom is 0.332 e. The number of hydrogen-bond acceptors (Lipinski definition) is 5. The lowest BCUT2D eigenvalue weighted by molar-refractivity contribution is -0.135. The van der Waals surface area contributed by atoms with Crippen LogP contribution in [0.5, 0.6) is 0 Å². The Morgan fingerprint density at radius 1 is 1.26 bits per heavy atom. The zero-order valence-electron chi connectivity index (χ0n) is 15.1. The smallest absolute Gasteiger partial charge is 0.332 e. The van der Waals surface area contributed by atoms with Gasteiger partial charge in [-0.05, 0) is 49.8 Å². The molecule has 1 aliphatic rings. The van der Waals surface area contributed by atoms with Gasteiger partial charge in [0.25, 0.3) is 5.56 Å². The van der Waals surface area contributed by atoms with E-state index in [4.69, 9.17) is 4.42 Å². The summed E-state index contributed by atoms with van der Waals surface area (Å²) < 4.78 is 8.32. The molecule has 0 saturated carbocycles. The average Bonchev–Trinajstić information content (AvgIpc) is 3.34. The fourth-order valence-corrected chi connectivity index (χ4v) is 4.52. The molecule has 3 aromatic heterocycles. The van der Waals surface area contributed by atoms with E-state index in [1.807, 2.05) is 11.8 Å². The first-order valence-electron chi connectivity index (χ1n) is 9.09. The summed E-state index contributed by atoms with van der Waals surface area (Å²) in [4.78, 5) is 40.5. The minimum atomic E-state index is -0.486. The summed E-state index contributed by atoms with van der Waals surface area (Å²) in [5, 5.41) is 1.77. The zero-order valence-corrected chi connectivity index (χ0v) is 15.9. The second kappa shape index (κ2) is 7.19. The van der Waals surface area contributed by atoms with E-state index >= 15 is 0 Å². The average molecular weight is 387 g/mol. The third-order valence-corrected chi connectivity index (χ3v) is 6.04. The van der Waals surface area contributed by atoms with Crippen LogP contribution >= 0.6 is 11.3 Å². The number of fused-ring (bicyclic) bond motifs is 1. The Labute approximate surface area is 159 Å². The number of furan rings is 1. The van der Waals surface area contributed by atoms with E-state index in [1.54, 1.807) is 23.6 Å². The van der Waals surface area contributed by atoms with E-state index < -0.39 is 5.69 Å². The van der Waals surface area contributed by atoms with Crippen LogP contribution in [-0.2, 0) is 17.9 Å². The molecule has 27 heavy (non-hydrogen) atoms. The summed E-state index contributed by atoms with van der Waals surface area (Å²) in [6, 6.07) is 5.33. The van der Waals surface area contributed by atoms with Gasteiger partial charge < -0.3 is 9.32 Å². The Kier molecular flexibility index (Phi) is 4.73. The van der Waals surface area contributed by atoms with Gasteiger partial charge in [0.1, 0.15) is 17.0 Å². The fraction of sp³-hybridized carbons (Fsp3) is 0.421. The number of hydrogen-bond donors (Lipinski definition) is 0. The van der Waals surface area contributed by atoms with Gasteiger partial charge >= 0.3 is 5.69 Å². The molecule has 0 bridgehead atoms. The lowest BCUT2D eigenvalue weighted by atomic mass is 10.0. The maximum atomic E-state index is 13.0. The Balaban J connectivity index is 1.75. The van der Waals surface area contributed by atoms with Crippen LogP contribution in [0.3, 0.4) is 0 Å². The molecule has 0 N–H and O–H groups in total. The van der Waals surface area contributed by atoms with Crippen molar-refractivity contribution in [1.82, 2.24) is 14.0 Å². The first kappa shape index (κ1) is 17.8. The van der Waals surface area contributed by atoms with Crippen LogP contribution in [0.1, 0.15) is 31.9 Å². The van der Waals surface area contributed by atoms with Crippen molar-refractivity contribution in [2.45, 2.75) is 45.3 Å². The molecule has 4 rings (SSSR count). The molecule has 7 nitrogen and oxygen atoms in total. The number of carbonyl (C=O) groups excluding carboxylic acids is 1. The van der Waals surface area contributed by atoms with Gasteiger partial charge in [-0.1, -0.05) is 0 Å². The summed E-state index contributed by atoms with van der Waals surface area (Å²) in [6.07, 6.45) is 4.58. The monoisotopic (exact) mass is 387 g/mol. The van der Waals surface area contributed by atoms with E-state index in [0.29, 0.717) is 22.5 Å². The van der Waals surface area contributed by atoms with Gasteiger partial charge in [-0.3, -0.25) is 18.7 Å².